The predicted octanol–water partition coefficient (Wildman–Crippen LogP) is 5.04. The quantitative estimate of drug-likeness (QED) is 0.641. The smallest absolute Gasteiger partial charge is 0.302 e. The summed E-state index contributed by atoms with van der Waals surface area (Å²) in [6.07, 6.45) is 13.5. The summed E-state index contributed by atoms with van der Waals surface area (Å²) >= 11 is 0. The first-order valence-corrected chi connectivity index (χ1v) is 13.7. The Morgan fingerprint density at radius 2 is 1.85 bits per heavy atom. The second kappa shape index (κ2) is 7.27. The van der Waals surface area contributed by atoms with Gasteiger partial charge < -0.3 is 4.57 Å². The highest BCUT2D eigenvalue weighted by molar-refractivity contribution is 7.84. The molecule has 0 saturated heterocycles. The van der Waals surface area contributed by atoms with E-state index in [9.17, 15) is 8.42 Å². The topological polar surface area (TPSA) is 87.2 Å². The Morgan fingerprint density at radius 3 is 2.67 bits per heavy atom. The third kappa shape index (κ3) is 3.27. The van der Waals surface area contributed by atoms with Crippen LogP contribution in [0, 0.1) is 28.6 Å². The lowest BCUT2D eigenvalue weighted by molar-refractivity contribution is -0.0217. The molecule has 2 fully saturated rings. The van der Waals surface area contributed by atoms with Gasteiger partial charge in [0.1, 0.15) is 6.33 Å². The molecule has 1 aromatic heterocycles. The summed E-state index contributed by atoms with van der Waals surface area (Å²) in [4.78, 5) is 4.66. The molecule has 0 spiro atoms. The third-order valence-electron chi connectivity index (χ3n) is 9.58. The molecule has 6 rings (SSSR count). The fourth-order valence-corrected chi connectivity index (χ4v) is 8.51. The van der Waals surface area contributed by atoms with Crippen molar-refractivity contribution in [1.82, 2.24) is 9.55 Å². The van der Waals surface area contributed by atoms with E-state index in [4.69, 9.17) is 9.32 Å². The first-order valence-electron chi connectivity index (χ1n) is 12.2. The molecule has 7 heteroatoms. The van der Waals surface area contributed by atoms with Gasteiger partial charge in [-0.25, -0.2) is 10.1 Å². The average molecular weight is 468 g/mol. The monoisotopic (exact) mass is 467 g/mol. The molecule has 1 aromatic carbocycles. The van der Waals surface area contributed by atoms with Crippen LogP contribution >= 0.6 is 0 Å². The fourth-order valence-electron chi connectivity index (χ4n) is 7.97. The van der Waals surface area contributed by atoms with E-state index in [0.29, 0.717) is 24.2 Å². The molecule has 2 saturated carbocycles. The predicted molar refractivity (Wildman–Crippen MR) is 129 cm³/mol. The number of rotatable bonds is 3. The minimum absolute atomic E-state index is 0.132. The number of aromatic nitrogens is 2. The van der Waals surface area contributed by atoms with Crippen LogP contribution in [0.25, 0.3) is 16.7 Å². The summed E-state index contributed by atoms with van der Waals surface area (Å²) in [5, 5.41) is 5.15. The number of hydrogen-bond acceptors (Lipinski definition) is 4. The summed E-state index contributed by atoms with van der Waals surface area (Å²) in [6, 6.07) is 8.40. The number of imidazole rings is 1. The second-order valence-corrected chi connectivity index (χ2v) is 12.3. The fraction of sp³-hybridized carbons (Fsp3) is 0.577. The summed E-state index contributed by atoms with van der Waals surface area (Å²) in [5.74, 6) is 1.91. The first kappa shape index (κ1) is 21.6. The largest absolute Gasteiger partial charge is 0.333 e. The summed E-state index contributed by atoms with van der Waals surface area (Å²) < 4.78 is 30.4. The number of hydrogen-bond donors (Lipinski definition) is 1. The van der Waals surface area contributed by atoms with Crippen LogP contribution in [0.15, 0.2) is 48.3 Å². The lowest BCUT2D eigenvalue weighted by Gasteiger charge is -2.57. The highest BCUT2D eigenvalue weighted by Crippen LogP contribution is 2.65. The molecule has 4 aliphatic rings. The van der Waals surface area contributed by atoms with Crippen LogP contribution < -0.4 is 5.14 Å². The van der Waals surface area contributed by atoms with E-state index in [1.54, 1.807) is 0 Å². The van der Waals surface area contributed by atoms with Gasteiger partial charge in [0.15, 0.2) is 0 Å². The SMILES string of the molecule is C[C@]12CC[C@H](OS(N)(=O)=O)CC1=CC[C@@H]1[C@@H]2CC[C@]2(C)C(n3cnc4ccccc43)=CC[C@@H]12. The van der Waals surface area contributed by atoms with Gasteiger partial charge >= 0.3 is 10.3 Å². The normalized spacial score (nSPS) is 38.3. The van der Waals surface area contributed by atoms with E-state index in [-0.39, 0.29) is 16.9 Å². The van der Waals surface area contributed by atoms with E-state index in [1.807, 2.05) is 12.4 Å². The number of fused-ring (bicyclic) bond motifs is 6. The summed E-state index contributed by atoms with van der Waals surface area (Å²) in [5.41, 5.74) is 5.34. The molecule has 0 bridgehead atoms. The second-order valence-electron chi connectivity index (χ2n) is 11.1. The number of nitrogens with two attached hydrogens (primary N) is 1. The van der Waals surface area contributed by atoms with Crippen molar-refractivity contribution in [2.45, 2.75) is 64.9 Å². The molecule has 33 heavy (non-hydrogen) atoms. The number of para-hydroxylation sites is 2. The maximum Gasteiger partial charge on any atom is 0.333 e. The third-order valence-corrected chi connectivity index (χ3v) is 10.1. The van der Waals surface area contributed by atoms with Gasteiger partial charge in [-0.15, -0.1) is 0 Å². The Kier molecular flexibility index (Phi) is 4.75. The van der Waals surface area contributed by atoms with Crippen molar-refractivity contribution in [2.75, 3.05) is 0 Å². The lowest BCUT2D eigenvalue weighted by atomic mass is 9.48. The molecule has 0 unspecified atom stereocenters. The Labute approximate surface area is 196 Å². The molecular formula is C26H33N3O3S. The molecule has 176 valence electrons. The van der Waals surface area contributed by atoms with Gasteiger partial charge in [0, 0.05) is 11.1 Å². The molecule has 6 nitrogen and oxygen atoms in total. The van der Waals surface area contributed by atoms with Crippen LogP contribution in [-0.4, -0.2) is 24.1 Å². The molecule has 1 heterocycles. The molecule has 2 N–H and O–H groups in total. The Balaban J connectivity index is 1.29. The Bertz CT molecular complexity index is 1280. The van der Waals surface area contributed by atoms with Crippen molar-refractivity contribution in [3.8, 4) is 0 Å². The van der Waals surface area contributed by atoms with Gasteiger partial charge in [0.2, 0.25) is 0 Å². The van der Waals surface area contributed by atoms with E-state index in [0.717, 1.165) is 31.2 Å². The highest BCUT2D eigenvalue weighted by atomic mass is 32.2. The van der Waals surface area contributed by atoms with Gasteiger partial charge in [-0.3, -0.25) is 4.18 Å². The molecule has 0 amide bonds. The van der Waals surface area contributed by atoms with Gasteiger partial charge in [0.05, 0.1) is 17.1 Å². The van der Waals surface area contributed by atoms with E-state index in [1.165, 1.54) is 29.6 Å². The minimum atomic E-state index is -3.91. The zero-order valence-corrected chi connectivity index (χ0v) is 20.2. The van der Waals surface area contributed by atoms with E-state index >= 15 is 0 Å². The molecule has 6 atom stereocenters. The minimum Gasteiger partial charge on any atom is -0.302 e. The highest BCUT2D eigenvalue weighted by Gasteiger charge is 2.57. The standard InChI is InChI=1S/C26H33N3O3S/c1-25-13-11-18(32-33(27,30)31)15-17(25)7-8-19-20-9-10-24(26(20,2)14-12-21(19)25)29-16-28-22-5-3-4-6-23(22)29/h3-7,10,16,18-21H,8-9,11-15H2,1-2H3,(H2,27,30,31)/t18-,19-,20-,21-,25-,26-/m0/s1. The molecule has 0 radical (unpaired) electrons. The number of benzene rings is 1. The van der Waals surface area contributed by atoms with Gasteiger partial charge in [0.25, 0.3) is 0 Å². The Hall–Kier alpha value is -1.96. The van der Waals surface area contributed by atoms with Crippen molar-refractivity contribution in [1.29, 1.82) is 0 Å². The van der Waals surface area contributed by atoms with Crippen LogP contribution in [0.3, 0.4) is 0 Å². The van der Waals surface area contributed by atoms with Gasteiger partial charge in [-0.05, 0) is 80.2 Å². The van der Waals surface area contributed by atoms with E-state index in [2.05, 4.69) is 53.7 Å². The molecule has 2 aromatic rings. The molecule has 0 aliphatic heterocycles. The zero-order valence-electron chi connectivity index (χ0n) is 19.4. The maximum atomic E-state index is 11.5. The lowest BCUT2D eigenvalue weighted by Crippen LogP contribution is -2.50. The first-order chi connectivity index (χ1) is 15.7. The van der Waals surface area contributed by atoms with Crippen molar-refractivity contribution in [3.63, 3.8) is 0 Å². The van der Waals surface area contributed by atoms with Crippen molar-refractivity contribution in [3.05, 3.63) is 48.3 Å². The van der Waals surface area contributed by atoms with E-state index < -0.39 is 10.3 Å². The van der Waals surface area contributed by atoms with Crippen molar-refractivity contribution >= 4 is 27.0 Å². The van der Waals surface area contributed by atoms with Crippen LogP contribution in [0.4, 0.5) is 0 Å². The summed E-state index contributed by atoms with van der Waals surface area (Å²) in [7, 11) is -3.91. The van der Waals surface area contributed by atoms with Crippen LogP contribution in [0.1, 0.15) is 58.8 Å². The maximum absolute atomic E-state index is 11.5. The molecule has 4 aliphatic carbocycles. The van der Waals surface area contributed by atoms with Crippen LogP contribution in [0.2, 0.25) is 0 Å². The van der Waals surface area contributed by atoms with Crippen molar-refractivity contribution in [2.24, 2.45) is 33.7 Å². The number of nitrogens with zero attached hydrogens (tertiary/aromatic N) is 2. The van der Waals surface area contributed by atoms with Crippen LogP contribution in [-0.2, 0) is 14.5 Å². The number of allylic oxidation sites excluding steroid dienone is 3. The van der Waals surface area contributed by atoms with Gasteiger partial charge in [-0.1, -0.05) is 43.7 Å². The zero-order chi connectivity index (χ0) is 23.0. The van der Waals surface area contributed by atoms with Gasteiger partial charge in [-0.2, -0.15) is 8.42 Å². The molecular weight excluding hydrogens is 434 g/mol. The summed E-state index contributed by atoms with van der Waals surface area (Å²) in [6.45, 7) is 4.89. The van der Waals surface area contributed by atoms with Crippen LogP contribution in [0.5, 0.6) is 0 Å². The average Bonchev–Trinajstić information content (AvgIpc) is 3.33. The van der Waals surface area contributed by atoms with Crippen molar-refractivity contribution < 1.29 is 12.6 Å². The Morgan fingerprint density at radius 1 is 1.06 bits per heavy atom.